The van der Waals surface area contributed by atoms with E-state index < -0.39 is 0 Å². The summed E-state index contributed by atoms with van der Waals surface area (Å²) in [6, 6.07) is 5.79. The van der Waals surface area contributed by atoms with Crippen LogP contribution in [0.1, 0.15) is 32.3 Å². The van der Waals surface area contributed by atoms with Crippen LogP contribution >= 0.6 is 0 Å². The first kappa shape index (κ1) is 17.3. The highest BCUT2D eigenvalue weighted by molar-refractivity contribution is 5.93. The lowest BCUT2D eigenvalue weighted by Crippen LogP contribution is -2.27. The Bertz CT molecular complexity index is 661. The Morgan fingerprint density at radius 3 is 2.87 bits per heavy atom. The van der Waals surface area contributed by atoms with Gasteiger partial charge >= 0.3 is 0 Å². The van der Waals surface area contributed by atoms with Crippen molar-refractivity contribution in [1.29, 1.82) is 0 Å². The number of aromatic amines is 1. The van der Waals surface area contributed by atoms with Gasteiger partial charge in [-0.25, -0.2) is 0 Å². The van der Waals surface area contributed by atoms with E-state index in [4.69, 9.17) is 4.74 Å². The first-order valence-corrected chi connectivity index (χ1v) is 7.97. The number of hydrogen-bond acceptors (Lipinski definition) is 3. The minimum Gasteiger partial charge on any atom is -0.496 e. The molecule has 0 bridgehead atoms. The standard InChI is InChI=1S/C18H26N2O3/c1-18(2,12-21)8-5-9-19-16(22)10-13-11-20-14-6-4-7-15(23-3)17(13)14/h4,6-7,11,20-21H,5,8-10,12H2,1-3H3,(H,19,22). The van der Waals surface area contributed by atoms with E-state index in [1.165, 1.54) is 0 Å². The molecule has 0 spiro atoms. The molecule has 0 aliphatic carbocycles. The van der Waals surface area contributed by atoms with Gasteiger partial charge in [0.15, 0.2) is 0 Å². The van der Waals surface area contributed by atoms with Gasteiger partial charge in [0.2, 0.25) is 5.91 Å². The highest BCUT2D eigenvalue weighted by Crippen LogP contribution is 2.28. The molecule has 2 aromatic rings. The lowest BCUT2D eigenvalue weighted by molar-refractivity contribution is -0.120. The van der Waals surface area contributed by atoms with Crippen molar-refractivity contribution < 1.29 is 14.6 Å². The summed E-state index contributed by atoms with van der Waals surface area (Å²) in [6.07, 6.45) is 3.92. The zero-order chi connectivity index (χ0) is 16.9. The van der Waals surface area contributed by atoms with E-state index in [0.717, 1.165) is 35.1 Å². The second kappa shape index (κ2) is 7.51. The van der Waals surface area contributed by atoms with Gasteiger partial charge in [0.05, 0.1) is 13.5 Å². The molecule has 126 valence electrons. The number of aromatic nitrogens is 1. The van der Waals surface area contributed by atoms with Crippen molar-refractivity contribution in [2.75, 3.05) is 20.3 Å². The number of amides is 1. The summed E-state index contributed by atoms with van der Waals surface area (Å²) in [5.41, 5.74) is 1.82. The summed E-state index contributed by atoms with van der Waals surface area (Å²) < 4.78 is 5.38. The van der Waals surface area contributed by atoms with E-state index in [2.05, 4.69) is 10.3 Å². The van der Waals surface area contributed by atoms with Crippen LogP contribution in [0, 0.1) is 5.41 Å². The highest BCUT2D eigenvalue weighted by atomic mass is 16.5. The molecule has 1 aromatic carbocycles. The number of benzene rings is 1. The summed E-state index contributed by atoms with van der Waals surface area (Å²) in [5, 5.41) is 13.1. The molecule has 1 amide bonds. The van der Waals surface area contributed by atoms with Crippen LogP contribution in [-0.4, -0.2) is 36.3 Å². The zero-order valence-electron chi connectivity index (χ0n) is 14.1. The fourth-order valence-corrected chi connectivity index (χ4v) is 2.64. The van der Waals surface area contributed by atoms with E-state index in [-0.39, 0.29) is 17.9 Å². The molecule has 3 N–H and O–H groups in total. The van der Waals surface area contributed by atoms with Crippen LogP contribution < -0.4 is 10.1 Å². The van der Waals surface area contributed by atoms with E-state index in [9.17, 15) is 9.90 Å². The molecule has 5 nitrogen and oxygen atoms in total. The number of fused-ring (bicyclic) bond motifs is 1. The van der Waals surface area contributed by atoms with Gasteiger partial charge in [-0.15, -0.1) is 0 Å². The fourth-order valence-electron chi connectivity index (χ4n) is 2.64. The van der Waals surface area contributed by atoms with Crippen molar-refractivity contribution in [2.45, 2.75) is 33.1 Å². The molecule has 0 saturated heterocycles. The Labute approximate surface area is 137 Å². The van der Waals surface area contributed by atoms with E-state index >= 15 is 0 Å². The number of rotatable bonds is 8. The Morgan fingerprint density at radius 1 is 1.39 bits per heavy atom. The molecule has 0 unspecified atom stereocenters. The lowest BCUT2D eigenvalue weighted by Gasteiger charge is -2.21. The Hall–Kier alpha value is -2.01. The smallest absolute Gasteiger partial charge is 0.224 e. The Balaban J connectivity index is 1.91. The molecule has 0 radical (unpaired) electrons. The minimum absolute atomic E-state index is 0.00129. The number of methoxy groups -OCH3 is 1. The number of carbonyl (C=O) groups is 1. The van der Waals surface area contributed by atoms with Gasteiger partial charge in [0.25, 0.3) is 0 Å². The van der Waals surface area contributed by atoms with Crippen molar-refractivity contribution in [2.24, 2.45) is 5.41 Å². The summed E-state index contributed by atoms with van der Waals surface area (Å²) >= 11 is 0. The molecule has 1 heterocycles. The maximum Gasteiger partial charge on any atom is 0.224 e. The highest BCUT2D eigenvalue weighted by Gasteiger charge is 2.16. The molecule has 5 heteroatoms. The predicted molar refractivity (Wildman–Crippen MR) is 91.7 cm³/mol. The topological polar surface area (TPSA) is 74.4 Å². The van der Waals surface area contributed by atoms with Gasteiger partial charge in [-0.05, 0) is 36.0 Å². The van der Waals surface area contributed by atoms with Crippen molar-refractivity contribution in [3.8, 4) is 5.75 Å². The first-order valence-electron chi connectivity index (χ1n) is 7.97. The maximum absolute atomic E-state index is 12.1. The molecule has 0 atom stereocenters. The van der Waals surface area contributed by atoms with Crippen LogP contribution in [0.15, 0.2) is 24.4 Å². The SMILES string of the molecule is COc1cccc2[nH]cc(CC(=O)NCCCC(C)(C)CO)c12. The number of carbonyl (C=O) groups excluding carboxylic acids is 1. The molecular formula is C18H26N2O3. The molecule has 0 aliphatic rings. The van der Waals surface area contributed by atoms with Gasteiger partial charge in [-0.3, -0.25) is 4.79 Å². The number of hydrogen-bond donors (Lipinski definition) is 3. The van der Waals surface area contributed by atoms with Gasteiger partial charge in [0.1, 0.15) is 5.75 Å². The molecule has 2 rings (SSSR count). The quantitative estimate of drug-likeness (QED) is 0.655. The van der Waals surface area contributed by atoms with Gasteiger partial charge in [-0.1, -0.05) is 19.9 Å². The number of aliphatic hydroxyl groups excluding tert-OH is 1. The number of H-pyrrole nitrogens is 1. The number of nitrogens with one attached hydrogen (secondary N) is 2. The Morgan fingerprint density at radius 2 is 2.17 bits per heavy atom. The van der Waals surface area contributed by atoms with Crippen molar-refractivity contribution in [1.82, 2.24) is 10.3 Å². The molecular weight excluding hydrogens is 292 g/mol. The fraction of sp³-hybridized carbons (Fsp3) is 0.500. The van der Waals surface area contributed by atoms with Crippen LogP contribution in [0.5, 0.6) is 5.75 Å². The van der Waals surface area contributed by atoms with Crippen molar-refractivity contribution >= 4 is 16.8 Å². The van der Waals surface area contributed by atoms with E-state index in [0.29, 0.717) is 13.0 Å². The predicted octanol–water partition coefficient (Wildman–Crippen LogP) is 2.63. The van der Waals surface area contributed by atoms with Crippen LogP contribution in [0.3, 0.4) is 0 Å². The van der Waals surface area contributed by atoms with Crippen molar-refractivity contribution in [3.63, 3.8) is 0 Å². The largest absolute Gasteiger partial charge is 0.496 e. The lowest BCUT2D eigenvalue weighted by atomic mass is 9.89. The summed E-state index contributed by atoms with van der Waals surface area (Å²) in [7, 11) is 1.63. The molecule has 1 aromatic heterocycles. The van der Waals surface area contributed by atoms with Gasteiger partial charge < -0.3 is 20.1 Å². The van der Waals surface area contributed by atoms with Crippen LogP contribution in [-0.2, 0) is 11.2 Å². The third-order valence-electron chi connectivity index (χ3n) is 4.10. The van der Waals surface area contributed by atoms with Crippen LogP contribution in [0.25, 0.3) is 10.9 Å². The monoisotopic (exact) mass is 318 g/mol. The number of aliphatic hydroxyl groups is 1. The Kier molecular flexibility index (Phi) is 5.66. The third kappa shape index (κ3) is 4.48. The molecule has 0 aliphatic heterocycles. The van der Waals surface area contributed by atoms with Crippen LogP contribution in [0.2, 0.25) is 0 Å². The van der Waals surface area contributed by atoms with E-state index in [1.807, 2.05) is 38.2 Å². The summed E-state index contributed by atoms with van der Waals surface area (Å²) in [4.78, 5) is 15.3. The zero-order valence-corrected chi connectivity index (χ0v) is 14.1. The van der Waals surface area contributed by atoms with Crippen LogP contribution in [0.4, 0.5) is 0 Å². The second-order valence-corrected chi connectivity index (χ2v) is 6.65. The molecule has 23 heavy (non-hydrogen) atoms. The third-order valence-corrected chi connectivity index (χ3v) is 4.10. The minimum atomic E-state index is -0.0884. The summed E-state index contributed by atoms with van der Waals surface area (Å²) in [6.45, 7) is 4.83. The number of ether oxygens (including phenoxy) is 1. The average molecular weight is 318 g/mol. The van der Waals surface area contributed by atoms with Gasteiger partial charge in [0, 0.05) is 30.3 Å². The average Bonchev–Trinajstić information content (AvgIpc) is 2.95. The van der Waals surface area contributed by atoms with Gasteiger partial charge in [-0.2, -0.15) is 0 Å². The summed E-state index contributed by atoms with van der Waals surface area (Å²) in [5.74, 6) is 0.773. The normalized spacial score (nSPS) is 11.7. The molecule has 0 saturated carbocycles. The maximum atomic E-state index is 12.1. The second-order valence-electron chi connectivity index (χ2n) is 6.65. The first-order chi connectivity index (χ1) is 11.0. The molecule has 0 fully saturated rings. The van der Waals surface area contributed by atoms with Crippen molar-refractivity contribution in [3.05, 3.63) is 30.0 Å². The van der Waals surface area contributed by atoms with E-state index in [1.54, 1.807) is 7.11 Å².